The number of urea groups is 1. The fourth-order valence-electron chi connectivity index (χ4n) is 2.89. The van der Waals surface area contributed by atoms with Crippen molar-refractivity contribution in [2.24, 2.45) is 0 Å². The number of hydrogen-bond acceptors (Lipinski definition) is 4. The number of benzene rings is 1. The van der Waals surface area contributed by atoms with Crippen LogP contribution in [0.5, 0.6) is 0 Å². The van der Waals surface area contributed by atoms with Gasteiger partial charge in [-0.3, -0.25) is 10.6 Å². The second kappa shape index (κ2) is 8.53. The summed E-state index contributed by atoms with van der Waals surface area (Å²) in [5.41, 5.74) is 0.702. The minimum atomic E-state index is -0.458. The monoisotopic (exact) mass is 359 g/mol. The second-order valence-corrected chi connectivity index (χ2v) is 6.91. The molecule has 2 aromatic rings. The van der Waals surface area contributed by atoms with Crippen LogP contribution in [0.1, 0.15) is 25.7 Å². The lowest BCUT2D eigenvalue weighted by atomic mass is 9.93. The van der Waals surface area contributed by atoms with E-state index in [-0.39, 0.29) is 18.2 Å². The average Bonchev–Trinajstić information content (AvgIpc) is 3.08. The summed E-state index contributed by atoms with van der Waals surface area (Å²) >= 11 is 1.47. The number of para-hydroxylation sites is 1. The highest BCUT2D eigenvalue weighted by atomic mass is 32.1. The Hall–Kier alpha value is -2.54. The van der Waals surface area contributed by atoms with Crippen LogP contribution in [0, 0.1) is 0 Å². The molecule has 3 N–H and O–H groups in total. The number of nitrogens with one attached hydrogen (secondary N) is 3. The van der Waals surface area contributed by atoms with Gasteiger partial charge in [-0.25, -0.2) is 9.59 Å². The summed E-state index contributed by atoms with van der Waals surface area (Å²) in [6.45, 7) is 0. The zero-order valence-corrected chi connectivity index (χ0v) is 14.6. The van der Waals surface area contributed by atoms with Gasteiger partial charge in [0.15, 0.2) is 0 Å². The van der Waals surface area contributed by atoms with E-state index in [9.17, 15) is 9.59 Å². The Balaban J connectivity index is 1.44. The van der Waals surface area contributed by atoms with E-state index in [1.54, 1.807) is 12.1 Å². The van der Waals surface area contributed by atoms with Crippen molar-refractivity contribution < 1.29 is 14.3 Å². The van der Waals surface area contributed by atoms with E-state index < -0.39 is 6.09 Å². The van der Waals surface area contributed by atoms with Gasteiger partial charge in [-0.2, -0.15) is 0 Å². The van der Waals surface area contributed by atoms with Gasteiger partial charge < -0.3 is 10.1 Å². The first-order chi connectivity index (χ1) is 12.2. The number of amides is 3. The molecule has 132 valence electrons. The molecule has 25 heavy (non-hydrogen) atoms. The molecule has 3 amide bonds. The fraction of sp³-hybridized carbons (Fsp3) is 0.333. The summed E-state index contributed by atoms with van der Waals surface area (Å²) < 4.78 is 5.49. The first-order valence-electron chi connectivity index (χ1n) is 8.33. The van der Waals surface area contributed by atoms with Crippen LogP contribution in [0.15, 0.2) is 47.8 Å². The molecule has 1 aliphatic rings. The van der Waals surface area contributed by atoms with Crippen LogP contribution in [-0.2, 0) is 4.74 Å². The highest BCUT2D eigenvalue weighted by Crippen LogP contribution is 2.22. The fourth-order valence-corrected chi connectivity index (χ4v) is 3.50. The van der Waals surface area contributed by atoms with Crippen molar-refractivity contribution in [2.75, 3.05) is 10.6 Å². The van der Waals surface area contributed by atoms with Gasteiger partial charge >= 0.3 is 12.1 Å². The number of ether oxygens (including phenoxy) is 1. The van der Waals surface area contributed by atoms with Crippen LogP contribution < -0.4 is 16.0 Å². The standard InChI is InChI=1S/C18H21N3O3S/c22-17(21-16-10-5-11-25-16)19-14-8-4-9-15(12-14)24-18(23)20-13-6-2-1-3-7-13/h1-3,5-7,10-11,14-15H,4,8-9,12H2,(H,20,23)(H2,19,21,22). The molecule has 2 unspecified atom stereocenters. The molecule has 1 fully saturated rings. The van der Waals surface area contributed by atoms with E-state index in [2.05, 4.69) is 16.0 Å². The van der Waals surface area contributed by atoms with Crippen LogP contribution in [-0.4, -0.2) is 24.3 Å². The zero-order chi connectivity index (χ0) is 17.5. The molecule has 1 aliphatic carbocycles. The van der Waals surface area contributed by atoms with Gasteiger partial charge in [-0.15, -0.1) is 11.3 Å². The molecule has 6 nitrogen and oxygen atoms in total. The first kappa shape index (κ1) is 17.3. The van der Waals surface area contributed by atoms with Crippen molar-refractivity contribution in [3.8, 4) is 0 Å². The molecule has 0 radical (unpaired) electrons. The van der Waals surface area contributed by atoms with Crippen molar-refractivity contribution in [3.05, 3.63) is 47.8 Å². The third kappa shape index (κ3) is 5.49. The van der Waals surface area contributed by atoms with Crippen LogP contribution in [0.25, 0.3) is 0 Å². The van der Waals surface area contributed by atoms with E-state index in [4.69, 9.17) is 4.74 Å². The zero-order valence-electron chi connectivity index (χ0n) is 13.7. The molecule has 1 heterocycles. The minimum absolute atomic E-state index is 0.00300. The normalized spacial score (nSPS) is 19.7. The number of thiophene rings is 1. The maximum atomic E-state index is 12.0. The SMILES string of the molecule is O=C(Nc1cccs1)NC1CCCC(OC(=O)Nc2ccccc2)C1. The summed E-state index contributed by atoms with van der Waals surface area (Å²) in [6, 6.07) is 12.7. The van der Waals surface area contributed by atoms with E-state index in [0.29, 0.717) is 12.1 Å². The molecule has 0 aliphatic heterocycles. The van der Waals surface area contributed by atoms with Crippen LogP contribution in [0.2, 0.25) is 0 Å². The predicted octanol–water partition coefficient (Wildman–Crippen LogP) is 4.43. The summed E-state index contributed by atoms with van der Waals surface area (Å²) in [6.07, 6.45) is 2.59. The molecular formula is C18H21N3O3S. The van der Waals surface area contributed by atoms with E-state index in [0.717, 1.165) is 24.3 Å². The summed E-state index contributed by atoms with van der Waals surface area (Å²) in [5.74, 6) is 0. The maximum Gasteiger partial charge on any atom is 0.411 e. The molecule has 0 bridgehead atoms. The highest BCUT2D eigenvalue weighted by Gasteiger charge is 2.26. The lowest BCUT2D eigenvalue weighted by Crippen LogP contribution is -2.43. The minimum Gasteiger partial charge on any atom is -0.446 e. The Morgan fingerprint density at radius 3 is 2.64 bits per heavy atom. The summed E-state index contributed by atoms with van der Waals surface area (Å²) in [4.78, 5) is 24.0. The van der Waals surface area contributed by atoms with Crippen LogP contribution in [0.4, 0.5) is 20.3 Å². The van der Waals surface area contributed by atoms with E-state index in [1.807, 2.05) is 35.7 Å². The molecule has 7 heteroatoms. The molecule has 3 rings (SSSR count). The number of anilines is 2. The number of rotatable bonds is 4. The Morgan fingerprint density at radius 1 is 1.04 bits per heavy atom. The Bertz CT molecular complexity index is 691. The third-order valence-corrected chi connectivity index (χ3v) is 4.80. The van der Waals surface area contributed by atoms with Crippen molar-refractivity contribution in [1.82, 2.24) is 5.32 Å². The van der Waals surface area contributed by atoms with Gasteiger partial charge in [0.25, 0.3) is 0 Å². The molecule has 2 atom stereocenters. The van der Waals surface area contributed by atoms with Gasteiger partial charge in [0.05, 0.1) is 5.00 Å². The van der Waals surface area contributed by atoms with Crippen molar-refractivity contribution in [3.63, 3.8) is 0 Å². The molecule has 0 spiro atoms. The average molecular weight is 359 g/mol. The van der Waals surface area contributed by atoms with Crippen molar-refractivity contribution >= 4 is 34.1 Å². The summed E-state index contributed by atoms with van der Waals surface area (Å²) in [5, 5.41) is 11.2. The van der Waals surface area contributed by atoms with Gasteiger partial charge in [0.1, 0.15) is 6.10 Å². The van der Waals surface area contributed by atoms with Crippen LogP contribution >= 0.6 is 11.3 Å². The Labute approximate surface area is 150 Å². The number of hydrogen-bond donors (Lipinski definition) is 3. The van der Waals surface area contributed by atoms with Gasteiger partial charge in [0, 0.05) is 18.2 Å². The maximum absolute atomic E-state index is 12.0. The number of carbonyl (C=O) groups excluding carboxylic acids is 2. The van der Waals surface area contributed by atoms with Crippen molar-refractivity contribution in [1.29, 1.82) is 0 Å². The van der Waals surface area contributed by atoms with Crippen LogP contribution in [0.3, 0.4) is 0 Å². The lowest BCUT2D eigenvalue weighted by Gasteiger charge is -2.29. The molecule has 0 saturated heterocycles. The quantitative estimate of drug-likeness (QED) is 0.755. The molecule has 1 aromatic heterocycles. The predicted molar refractivity (Wildman–Crippen MR) is 99.1 cm³/mol. The van der Waals surface area contributed by atoms with Gasteiger partial charge in [-0.05, 0) is 48.9 Å². The largest absolute Gasteiger partial charge is 0.446 e. The van der Waals surface area contributed by atoms with Crippen molar-refractivity contribution in [2.45, 2.75) is 37.8 Å². The van der Waals surface area contributed by atoms with Gasteiger partial charge in [-0.1, -0.05) is 18.2 Å². The van der Waals surface area contributed by atoms with E-state index in [1.165, 1.54) is 11.3 Å². The second-order valence-electron chi connectivity index (χ2n) is 5.96. The van der Waals surface area contributed by atoms with Gasteiger partial charge in [0.2, 0.25) is 0 Å². The summed E-state index contributed by atoms with van der Waals surface area (Å²) in [7, 11) is 0. The molecule has 1 aromatic carbocycles. The smallest absolute Gasteiger partial charge is 0.411 e. The number of carbonyl (C=O) groups is 2. The highest BCUT2D eigenvalue weighted by molar-refractivity contribution is 7.14. The molecular weight excluding hydrogens is 338 g/mol. The van der Waals surface area contributed by atoms with E-state index >= 15 is 0 Å². The Kier molecular flexibility index (Phi) is 5.90. The third-order valence-electron chi connectivity index (χ3n) is 4.01. The Morgan fingerprint density at radius 2 is 1.88 bits per heavy atom. The first-order valence-corrected chi connectivity index (χ1v) is 9.21. The lowest BCUT2D eigenvalue weighted by molar-refractivity contribution is 0.0779. The molecule has 1 saturated carbocycles. The topological polar surface area (TPSA) is 79.5 Å².